The number of hydrogen-bond acceptors (Lipinski definition) is 10. The normalized spacial score (nSPS) is 18.5. The van der Waals surface area contributed by atoms with Crippen molar-refractivity contribution in [2.75, 3.05) is 39.0 Å². The van der Waals surface area contributed by atoms with Crippen LogP contribution in [0.5, 0.6) is 5.75 Å². The molecule has 10 rings (SSSR count). The fourth-order valence-corrected chi connectivity index (χ4v) is 20.6. The summed E-state index contributed by atoms with van der Waals surface area (Å²) in [5, 5.41) is 23.6. The van der Waals surface area contributed by atoms with Gasteiger partial charge in [0, 0.05) is 90.5 Å². The van der Waals surface area contributed by atoms with Gasteiger partial charge in [0.1, 0.15) is 11.9 Å². The Kier molecular flexibility index (Phi) is 62.3. The first-order chi connectivity index (χ1) is 63.5. The molecule has 2 aliphatic carbocycles. The third-order valence-electron chi connectivity index (χ3n) is 26.5. The molecule has 5 fully saturated rings. The van der Waals surface area contributed by atoms with E-state index < -0.39 is 6.17 Å². The molecule has 4 N–H and O–H groups in total. The lowest BCUT2D eigenvalue weighted by Gasteiger charge is -2.39. The zero-order valence-electron chi connectivity index (χ0n) is 104. The second-order valence-corrected chi connectivity index (χ2v) is 57.6. The number of nitrogens with one attached hydrogen (secondary N) is 4. The molecule has 3 heterocycles. The molecule has 9 nitrogen and oxygen atoms in total. The van der Waals surface area contributed by atoms with Crippen molar-refractivity contribution in [1.82, 2.24) is 36.0 Å². The molecular formula is C129H236ClFN8OS. The summed E-state index contributed by atoms with van der Waals surface area (Å²) in [4.78, 5) is 8.80. The van der Waals surface area contributed by atoms with Gasteiger partial charge in [-0.2, -0.15) is 5.26 Å². The van der Waals surface area contributed by atoms with Gasteiger partial charge in [0.25, 0.3) is 0 Å². The molecule has 2 bridgehead atoms. The van der Waals surface area contributed by atoms with Gasteiger partial charge >= 0.3 is 0 Å². The zero-order chi connectivity index (χ0) is 111. The maximum absolute atomic E-state index is 12.9. The third kappa shape index (κ3) is 64.0. The Balaban J connectivity index is -0.00000147. The monoisotopic (exact) mass is 2000 g/mol. The van der Waals surface area contributed by atoms with Crippen LogP contribution in [-0.2, 0) is 27.1 Å². The van der Waals surface area contributed by atoms with Crippen LogP contribution in [0.1, 0.15) is 500 Å². The van der Waals surface area contributed by atoms with E-state index in [4.69, 9.17) is 21.6 Å². The maximum atomic E-state index is 12.9. The van der Waals surface area contributed by atoms with Crippen molar-refractivity contribution in [3.63, 3.8) is 0 Å². The summed E-state index contributed by atoms with van der Waals surface area (Å²) in [6.07, 6.45) is 19.9. The summed E-state index contributed by atoms with van der Waals surface area (Å²) in [6, 6.07) is 42.3. The molecular weight excluding hydrogens is 1760 g/mol. The summed E-state index contributed by atoms with van der Waals surface area (Å²) in [5.41, 5.74) is 15.5. The second kappa shape index (κ2) is 62.3. The van der Waals surface area contributed by atoms with E-state index in [-0.39, 0.29) is 65.8 Å². The molecule has 141 heavy (non-hydrogen) atoms. The number of halogens is 2. The lowest BCUT2D eigenvalue weighted by molar-refractivity contribution is 0.0625. The molecule has 0 spiro atoms. The highest BCUT2D eigenvalue weighted by Crippen LogP contribution is 2.54. The van der Waals surface area contributed by atoms with E-state index in [9.17, 15) is 4.39 Å². The first-order valence-electron chi connectivity index (χ1n) is 55.3. The predicted molar refractivity (Wildman–Crippen MR) is 637 cm³/mol. The number of ether oxygens (including phenoxy) is 1. The van der Waals surface area contributed by atoms with Crippen molar-refractivity contribution >= 4 is 23.4 Å². The van der Waals surface area contributed by atoms with Crippen LogP contribution in [0, 0.1) is 55.3 Å². The van der Waals surface area contributed by atoms with Gasteiger partial charge < -0.3 is 26.0 Å². The summed E-state index contributed by atoms with van der Waals surface area (Å²) in [7, 11) is 0. The van der Waals surface area contributed by atoms with Crippen molar-refractivity contribution in [1.29, 1.82) is 5.26 Å². The molecule has 818 valence electrons. The quantitative estimate of drug-likeness (QED) is 0.101. The van der Waals surface area contributed by atoms with E-state index >= 15 is 0 Å². The minimum atomic E-state index is -0.594. The standard InChI is InChI=1S/C12H18O.C12H18.C11H15Cl.C11H13N.C11H16S.C11H20.C10H21N.C9H18FN.2C9H21N.C8H17N.2C8H19N/c1-5-13-11-9-7-6-8-10(11)12(2,3)4;1-9-7-6-8-11(10(9)2)12(3,4)5;1-8-9(11(2,3)4)6-5-7-10(8)12;1-11(2,3)10-6-4-5-9(7-10)8-12;1-11(2,3)9-7-5-6-8-10(9)12-4;1-11(2,3)10-7-8-4-5-9(10)6-8;1-8-6-7-9(2)11(8)10(3,4)5;1-9(2,3)11-6-4-5-8(10)7-11;1-7-9(5,6)10-8(2,3)4;1-6-8(7-2)10-9(3,4)5;1-8(2,3)9-6-4-5-7-9;1-7(2,3)9-8(4,5)6;1-6-7(2)9-8(3,4)5/h6-9H,5H2,1-4H3;6-8H,1-5H3;5-7H,1-4H3;4-7H,1-3H3;5-8H,1-4H3;8-10H,4-7H2,1-3H3;8-9H,6-7H2,1-5H3;8H,4-7H2,1-3H3;10H,7H2,1-6H3;8,10H,6-7H2,1-5H3;4-7H2,1-3H3;9H,1-6H3;7,9H,6H2,1-5H3/t;;;;;;;;;;;;7-/m............0/s1. The van der Waals surface area contributed by atoms with Crippen molar-refractivity contribution in [3.8, 4) is 11.8 Å². The number of hydrogen-bond donors (Lipinski definition) is 4. The summed E-state index contributed by atoms with van der Waals surface area (Å²) in [6.45, 7) is 127. The number of likely N-dealkylation sites (tertiary alicyclic amines) is 3. The number of rotatable bonds is 10. The fourth-order valence-electron chi connectivity index (χ4n) is 19.6. The summed E-state index contributed by atoms with van der Waals surface area (Å²) in [5.74, 6) is 4.27. The van der Waals surface area contributed by atoms with E-state index in [0.29, 0.717) is 35.1 Å². The van der Waals surface area contributed by atoms with Crippen LogP contribution < -0.4 is 26.0 Å². The lowest BCUT2D eigenvalue weighted by Crippen LogP contribution is -2.49. The van der Waals surface area contributed by atoms with Gasteiger partial charge in [-0.15, -0.1) is 11.8 Å². The number of thioether (sulfide) groups is 1. The molecule has 12 heteroatoms. The molecule has 0 radical (unpaired) electrons. The average Bonchev–Trinajstić information content (AvgIpc) is 1.62. The van der Waals surface area contributed by atoms with Gasteiger partial charge in [-0.05, 0) is 463 Å². The topological polar surface area (TPSA) is 90.9 Å². The SMILES string of the molecule is CC(C)(C)C1CC2CCC1C2.CC(C)(C)N1CCCC(F)C1.CC(C)(C)N1CCCC1.CC(C)(C)NC(C)(C)C.CC(C)(C)c1cccc(C#N)c1.CC1CCC(C)N1C(C)(C)C.CCC(C)(C)NC(C)(C)C.CCC(CC)NC(C)(C)C.CCOc1ccccc1C(C)(C)C.CC[C@H](C)NC(C)(C)C.CSc1ccccc1C(C)(C)C.Cc1c(Cl)cccc1C(C)(C)C.Cc1cccc(C(C)(C)C)c1C. The van der Waals surface area contributed by atoms with Gasteiger partial charge in [0.2, 0.25) is 0 Å². The van der Waals surface area contributed by atoms with Crippen LogP contribution in [-0.4, -0.2) is 134 Å². The summed E-state index contributed by atoms with van der Waals surface area (Å²) >= 11 is 7.84. The highest BCUT2D eigenvalue weighted by Gasteiger charge is 2.45. The number of fused-ring (bicyclic) bond motifs is 2. The van der Waals surface area contributed by atoms with Crippen molar-refractivity contribution in [2.24, 2.45) is 23.2 Å². The molecule has 7 atom stereocenters. The Bertz CT molecular complexity index is 4090. The largest absolute Gasteiger partial charge is 0.494 e. The Hall–Kier alpha value is -4.32. The molecule has 2 saturated carbocycles. The average molecular weight is 2000 g/mol. The second-order valence-electron chi connectivity index (χ2n) is 56.3. The van der Waals surface area contributed by atoms with Gasteiger partial charge in [-0.1, -0.05) is 249 Å². The minimum Gasteiger partial charge on any atom is -0.494 e. The number of piperidine rings is 1. The smallest absolute Gasteiger partial charge is 0.122 e. The maximum Gasteiger partial charge on any atom is 0.122 e. The van der Waals surface area contributed by atoms with E-state index in [1.807, 2.05) is 61.2 Å². The molecule has 5 aliphatic rings. The Morgan fingerprint density at radius 3 is 1.16 bits per heavy atom. The van der Waals surface area contributed by atoms with Crippen LogP contribution in [0.25, 0.3) is 0 Å². The van der Waals surface area contributed by atoms with Gasteiger partial charge in [0.05, 0.1) is 18.2 Å². The Morgan fingerprint density at radius 2 is 0.872 bits per heavy atom. The van der Waals surface area contributed by atoms with Crippen LogP contribution >= 0.6 is 23.4 Å². The molecule has 0 amide bonds. The number of aryl methyl sites for hydroxylation is 1. The molecule has 5 aromatic rings. The molecule has 5 aromatic carbocycles. The third-order valence-corrected chi connectivity index (χ3v) is 27.7. The lowest BCUT2D eigenvalue weighted by atomic mass is 9.72. The first kappa shape index (κ1) is 141. The van der Waals surface area contributed by atoms with E-state index in [1.54, 1.807) is 6.42 Å². The number of nitriles is 1. The van der Waals surface area contributed by atoms with E-state index in [1.165, 1.54) is 133 Å². The van der Waals surface area contributed by atoms with Gasteiger partial charge in [-0.25, -0.2) is 4.39 Å². The van der Waals surface area contributed by atoms with E-state index in [2.05, 4.69) is 489 Å². The Morgan fingerprint density at radius 1 is 0.447 bits per heavy atom. The van der Waals surface area contributed by atoms with Gasteiger partial charge in [0.15, 0.2) is 0 Å². The van der Waals surface area contributed by atoms with Crippen molar-refractivity contribution in [2.45, 2.75) is 583 Å². The molecule has 3 aliphatic heterocycles. The first-order valence-corrected chi connectivity index (χ1v) is 56.9. The fraction of sp³-hybridized carbons (Fsp3) is 0.760. The highest BCUT2D eigenvalue weighted by atomic mass is 35.5. The molecule has 3 saturated heterocycles. The minimum absolute atomic E-state index is 0.132. The van der Waals surface area contributed by atoms with Crippen LogP contribution in [0.15, 0.2) is 114 Å². The van der Waals surface area contributed by atoms with Crippen LogP contribution in [0.3, 0.4) is 0 Å². The Labute approximate surface area is 888 Å². The number of benzene rings is 5. The van der Waals surface area contributed by atoms with Gasteiger partial charge in [-0.3, -0.25) is 14.7 Å². The molecule has 0 aromatic heterocycles. The van der Waals surface area contributed by atoms with Crippen LogP contribution in [0.4, 0.5) is 4.39 Å². The number of nitrogens with zero attached hydrogens (tertiary/aromatic N) is 4. The predicted octanol–water partition coefficient (Wildman–Crippen LogP) is 37.2. The molecule has 6 unspecified atom stereocenters. The van der Waals surface area contributed by atoms with E-state index in [0.717, 1.165) is 72.2 Å². The zero-order valence-corrected chi connectivity index (χ0v) is 105. The number of para-hydroxylation sites is 1. The van der Waals surface area contributed by atoms with Crippen LogP contribution in [0.2, 0.25) is 5.02 Å². The number of alkyl halides is 1. The van der Waals surface area contributed by atoms with Crippen molar-refractivity contribution < 1.29 is 9.13 Å². The summed E-state index contributed by atoms with van der Waals surface area (Å²) < 4.78 is 18.5. The highest BCUT2D eigenvalue weighted by molar-refractivity contribution is 7.98. The van der Waals surface area contributed by atoms with Crippen molar-refractivity contribution in [3.05, 3.63) is 164 Å².